The molecule has 302 valence electrons. The highest BCUT2D eigenvalue weighted by molar-refractivity contribution is 7.99. The topological polar surface area (TPSA) is 173 Å². The molecule has 4 bridgehead atoms. The predicted octanol–water partition coefficient (Wildman–Crippen LogP) is 4.26. The van der Waals surface area contributed by atoms with E-state index in [0.717, 1.165) is 16.5 Å². The van der Waals surface area contributed by atoms with Crippen LogP contribution in [-0.4, -0.2) is 107 Å². The van der Waals surface area contributed by atoms with Gasteiger partial charge >= 0.3 is 11.9 Å². The Bertz CT molecular complexity index is 2310. The van der Waals surface area contributed by atoms with E-state index in [2.05, 4.69) is 23.2 Å². The third-order valence-electron chi connectivity index (χ3n) is 13.9. The molecule has 8 aliphatic rings. The third-order valence-corrected chi connectivity index (χ3v) is 15.4. The van der Waals surface area contributed by atoms with Gasteiger partial charge in [0, 0.05) is 64.5 Å². The third kappa shape index (κ3) is 4.84. The molecule has 3 saturated heterocycles. The van der Waals surface area contributed by atoms with Gasteiger partial charge in [-0.2, -0.15) is 0 Å². The molecule has 0 amide bonds. The number of likely N-dealkylation sites (N-methyl/N-ethyl adjacent to an activating group) is 1. The summed E-state index contributed by atoms with van der Waals surface area (Å²) in [5, 5.41) is 39.5. The number of nitrogens with one attached hydrogen (secondary N) is 1. The first-order chi connectivity index (χ1) is 27.3. The average molecular weight is 802 g/mol. The van der Waals surface area contributed by atoms with Crippen molar-refractivity contribution in [1.82, 2.24) is 15.1 Å². The van der Waals surface area contributed by atoms with Crippen molar-refractivity contribution in [2.45, 2.75) is 87.8 Å². The van der Waals surface area contributed by atoms with E-state index in [1.165, 1.54) is 18.7 Å². The van der Waals surface area contributed by atoms with Crippen molar-refractivity contribution in [3.8, 4) is 17.2 Å². The van der Waals surface area contributed by atoms with Crippen LogP contribution in [0.4, 0.5) is 0 Å². The molecule has 10 atom stereocenters. The molecule has 0 saturated carbocycles. The summed E-state index contributed by atoms with van der Waals surface area (Å²) in [6.07, 6.45) is 2.09. The van der Waals surface area contributed by atoms with Crippen molar-refractivity contribution in [3.63, 3.8) is 0 Å². The Morgan fingerprint density at radius 2 is 1.91 bits per heavy atom. The second kappa shape index (κ2) is 12.9. The number of carbonyl (C=O) groups is 2. The second-order valence-electron chi connectivity index (χ2n) is 16.7. The number of ether oxygens (including phenoxy) is 5. The van der Waals surface area contributed by atoms with Crippen LogP contribution in [0.3, 0.4) is 0 Å². The van der Waals surface area contributed by atoms with E-state index >= 15 is 0 Å². The Hall–Kier alpha value is -4.25. The highest BCUT2D eigenvalue weighted by Crippen LogP contribution is 2.65. The maximum atomic E-state index is 15.0. The van der Waals surface area contributed by atoms with Gasteiger partial charge in [0.25, 0.3) is 0 Å². The monoisotopic (exact) mass is 801 g/mol. The van der Waals surface area contributed by atoms with Crippen molar-refractivity contribution >= 4 is 34.7 Å². The molecule has 0 radical (unpaired) electrons. The van der Waals surface area contributed by atoms with Gasteiger partial charge in [0.1, 0.15) is 35.7 Å². The number of carbonyl (C=O) groups excluding carboxylic acids is 2. The van der Waals surface area contributed by atoms with E-state index in [4.69, 9.17) is 28.1 Å². The number of benzene rings is 2. The zero-order valence-corrected chi connectivity index (χ0v) is 33.5. The number of piperidine rings is 1. The molecule has 1 aromatic heterocycles. The van der Waals surface area contributed by atoms with Crippen LogP contribution < -0.4 is 19.5 Å². The predicted molar refractivity (Wildman–Crippen MR) is 207 cm³/mol. The number of aliphatic hydroxyl groups is 3. The summed E-state index contributed by atoms with van der Waals surface area (Å²) in [5.74, 6) is 1.02. The molecular formula is C42H47N3O11S. The van der Waals surface area contributed by atoms with E-state index in [0.29, 0.717) is 63.9 Å². The van der Waals surface area contributed by atoms with Gasteiger partial charge in [-0.25, -0.2) is 4.79 Å². The lowest BCUT2D eigenvalue weighted by atomic mass is 9.56. The van der Waals surface area contributed by atoms with Crippen LogP contribution in [-0.2, 0) is 31.0 Å². The van der Waals surface area contributed by atoms with E-state index in [-0.39, 0.29) is 43.5 Å². The SMILES string of the molecule is COC1=C(O)C2(C)[C@@H]3[C@@H]4[C@@H]5SC[C@]6(N[C@@H](CO)Cc7c6oc6ccccc76)C(=O)OC[C@@H](c6c7c(c(C)c(OC(C)=O)c65)OCO7)N4[C@@H](O)[C@H](C[C@@H]2C=C1C)N3C. The van der Waals surface area contributed by atoms with Crippen LogP contribution in [0.15, 0.2) is 51.9 Å². The van der Waals surface area contributed by atoms with Crippen molar-refractivity contribution in [2.75, 3.05) is 39.9 Å². The maximum absolute atomic E-state index is 15.0. The largest absolute Gasteiger partial charge is 0.508 e. The number of nitrogens with zero attached hydrogens (tertiary/aromatic N) is 2. The van der Waals surface area contributed by atoms with Crippen LogP contribution in [0.2, 0.25) is 0 Å². The number of methoxy groups -OCH3 is 1. The summed E-state index contributed by atoms with van der Waals surface area (Å²) in [4.78, 5) is 32.2. The fraction of sp³-hybridized carbons (Fsp3) is 0.524. The normalized spacial score (nSPS) is 35.6. The van der Waals surface area contributed by atoms with Gasteiger partial charge in [-0.05, 0) is 51.3 Å². The number of piperazine rings is 1. The van der Waals surface area contributed by atoms with Gasteiger partial charge in [-0.1, -0.05) is 31.2 Å². The van der Waals surface area contributed by atoms with Crippen molar-refractivity contribution < 1.29 is 53.0 Å². The van der Waals surface area contributed by atoms with Gasteiger partial charge < -0.3 is 43.4 Å². The Labute approximate surface area is 333 Å². The minimum atomic E-state index is -1.53. The van der Waals surface area contributed by atoms with Crippen LogP contribution in [0.5, 0.6) is 17.2 Å². The zero-order valence-electron chi connectivity index (χ0n) is 32.7. The molecule has 3 fully saturated rings. The van der Waals surface area contributed by atoms with Crippen LogP contribution in [0, 0.1) is 18.3 Å². The number of aliphatic hydroxyl groups excluding tert-OH is 3. The number of rotatable bonds is 3. The Morgan fingerprint density at radius 3 is 2.67 bits per heavy atom. The minimum absolute atomic E-state index is 0.0647. The summed E-state index contributed by atoms with van der Waals surface area (Å²) in [6.45, 7) is 6.67. The maximum Gasteiger partial charge on any atom is 0.335 e. The first-order valence-electron chi connectivity index (χ1n) is 19.5. The lowest BCUT2D eigenvalue weighted by molar-refractivity contribution is -0.222. The fourth-order valence-electron chi connectivity index (χ4n) is 11.5. The molecule has 8 heterocycles. The molecule has 57 heavy (non-hydrogen) atoms. The number of hydrogen-bond acceptors (Lipinski definition) is 15. The number of hydrogen-bond donors (Lipinski definition) is 4. The Kier molecular flexibility index (Phi) is 8.37. The Morgan fingerprint density at radius 1 is 1.14 bits per heavy atom. The summed E-state index contributed by atoms with van der Waals surface area (Å²) in [7, 11) is 3.55. The number of allylic oxidation sites excluding steroid dienone is 2. The molecule has 1 aliphatic carbocycles. The van der Waals surface area contributed by atoms with Gasteiger partial charge in [-0.3, -0.25) is 19.9 Å². The molecule has 15 heteroatoms. The summed E-state index contributed by atoms with van der Waals surface area (Å²) >= 11 is 1.46. The van der Waals surface area contributed by atoms with E-state index in [1.807, 2.05) is 50.1 Å². The Balaban J connectivity index is 1.24. The average Bonchev–Trinajstić information content (AvgIpc) is 3.83. The second-order valence-corrected chi connectivity index (χ2v) is 17.8. The molecule has 1 unspecified atom stereocenters. The number of para-hydroxylation sites is 1. The van der Waals surface area contributed by atoms with Crippen LogP contribution >= 0.6 is 11.8 Å². The lowest BCUT2D eigenvalue weighted by Gasteiger charge is -2.67. The first kappa shape index (κ1) is 37.0. The molecule has 14 nitrogen and oxygen atoms in total. The number of fused-ring (bicyclic) bond motifs is 11. The summed E-state index contributed by atoms with van der Waals surface area (Å²) < 4.78 is 37.3. The molecule has 11 rings (SSSR count). The van der Waals surface area contributed by atoms with Gasteiger partial charge in [0.05, 0.1) is 30.4 Å². The van der Waals surface area contributed by atoms with Gasteiger partial charge in [0.15, 0.2) is 22.8 Å². The fourth-order valence-corrected chi connectivity index (χ4v) is 13.1. The molecular weight excluding hydrogens is 755 g/mol. The highest BCUT2D eigenvalue weighted by atomic mass is 32.2. The number of esters is 2. The molecule has 3 aromatic rings. The highest BCUT2D eigenvalue weighted by Gasteiger charge is 2.67. The van der Waals surface area contributed by atoms with Crippen LogP contribution in [0.25, 0.3) is 11.0 Å². The summed E-state index contributed by atoms with van der Waals surface area (Å²) in [5.41, 5.74) is 1.74. The zero-order chi connectivity index (χ0) is 39.9. The smallest absolute Gasteiger partial charge is 0.335 e. The molecule has 2 aromatic carbocycles. The molecule has 4 N–H and O–H groups in total. The van der Waals surface area contributed by atoms with Crippen molar-refractivity contribution in [3.05, 3.63) is 75.4 Å². The first-order valence-corrected chi connectivity index (χ1v) is 20.6. The minimum Gasteiger partial charge on any atom is -0.508 e. The summed E-state index contributed by atoms with van der Waals surface area (Å²) in [6, 6.07) is 4.96. The molecule has 1 spiro atoms. The quantitative estimate of drug-likeness (QED) is 0.219. The van der Waals surface area contributed by atoms with E-state index in [1.54, 1.807) is 7.11 Å². The molecule has 7 aliphatic heterocycles. The number of furan rings is 1. The number of thioether (sulfide) groups is 1. The van der Waals surface area contributed by atoms with E-state index < -0.39 is 58.5 Å². The van der Waals surface area contributed by atoms with Gasteiger partial charge in [0.2, 0.25) is 6.79 Å². The standard InChI is InChI=1S/C42H47N3O11S/c1-18-11-21-12-25-39(49)45-26-15-52-40(50)42(38-24(13-22(14-46)43-42)23-9-7-8-10-27(23)56-38)16-57-35(30(45)36(44(25)5)41(21,4)37(48)31(18)51-6)29-28(26)34-33(53-17-54-34)19(2)32(29)55-20(3)47/h7-11,21-22,25-26,30,35-36,39,43,46,48-49H,12-17H2,1-6H3/t21-,22+,25-,26-,30-,35+,36-,39-,41?,42+/m0/s1. The van der Waals surface area contributed by atoms with Crippen molar-refractivity contribution in [2.24, 2.45) is 11.3 Å². The van der Waals surface area contributed by atoms with Gasteiger partial charge in [-0.15, -0.1) is 11.8 Å². The van der Waals surface area contributed by atoms with Crippen LogP contribution in [0.1, 0.15) is 66.5 Å². The lowest BCUT2D eigenvalue weighted by Crippen LogP contribution is -2.77. The van der Waals surface area contributed by atoms with Crippen molar-refractivity contribution in [1.29, 1.82) is 0 Å². The van der Waals surface area contributed by atoms with E-state index in [9.17, 15) is 24.9 Å².